The smallest absolute Gasteiger partial charge is 0.328 e. The fourth-order valence-electron chi connectivity index (χ4n) is 4.19. The Labute approximate surface area is 220 Å². The number of fused-ring (bicyclic) bond motifs is 1. The standard InChI is InChI=1S/C27H31N3O4S2/c1-5-21(35-18-8-6-7-17(14-18)29-23(31)11-12-24(32)33)25(34)30-26-20(15-28)19-10-9-16(27(2,3)4)13-22(19)36-26/h6-8,11-12,14,16,21H,5,9-10,13H2,1-4H3,(H,29,31)(H,30,34)(H,32,33)/b12-11+. The van der Waals surface area contributed by atoms with Gasteiger partial charge in [0.2, 0.25) is 11.8 Å². The predicted octanol–water partition coefficient (Wildman–Crippen LogP) is 5.86. The fourth-order valence-corrected chi connectivity index (χ4v) is 6.48. The lowest BCUT2D eigenvalue weighted by molar-refractivity contribution is -0.131. The minimum Gasteiger partial charge on any atom is -0.478 e. The molecule has 1 aromatic carbocycles. The van der Waals surface area contributed by atoms with Crippen LogP contribution in [0.1, 0.15) is 56.5 Å². The van der Waals surface area contributed by atoms with Gasteiger partial charge in [-0.25, -0.2) is 4.79 Å². The summed E-state index contributed by atoms with van der Waals surface area (Å²) in [6.45, 7) is 8.68. The first-order chi connectivity index (χ1) is 17.0. The molecule has 3 rings (SSSR count). The Morgan fingerprint density at radius 1 is 1.28 bits per heavy atom. The van der Waals surface area contributed by atoms with Crippen LogP contribution in [0.3, 0.4) is 0 Å². The lowest BCUT2D eigenvalue weighted by Crippen LogP contribution is -2.26. The summed E-state index contributed by atoms with van der Waals surface area (Å²) in [6.07, 6.45) is 5.13. The molecule has 36 heavy (non-hydrogen) atoms. The molecule has 0 spiro atoms. The van der Waals surface area contributed by atoms with E-state index >= 15 is 0 Å². The maximum atomic E-state index is 13.2. The number of nitrogens with one attached hydrogen (secondary N) is 2. The Hall–Kier alpha value is -3.09. The summed E-state index contributed by atoms with van der Waals surface area (Å²) in [5.74, 6) is -1.37. The third-order valence-electron chi connectivity index (χ3n) is 6.26. The average Bonchev–Trinajstić information content (AvgIpc) is 3.16. The number of hydrogen-bond donors (Lipinski definition) is 3. The zero-order valence-electron chi connectivity index (χ0n) is 20.9. The quantitative estimate of drug-likeness (QED) is 0.293. The van der Waals surface area contributed by atoms with Crippen molar-refractivity contribution in [2.24, 2.45) is 11.3 Å². The molecule has 0 aliphatic heterocycles. The van der Waals surface area contributed by atoms with Gasteiger partial charge in [0, 0.05) is 27.6 Å². The second-order valence-corrected chi connectivity index (χ2v) is 12.2. The lowest BCUT2D eigenvalue weighted by Gasteiger charge is -2.33. The molecule has 9 heteroatoms. The van der Waals surface area contributed by atoms with Gasteiger partial charge in [0.1, 0.15) is 11.1 Å². The van der Waals surface area contributed by atoms with Gasteiger partial charge in [-0.2, -0.15) is 5.26 Å². The van der Waals surface area contributed by atoms with E-state index in [1.54, 1.807) is 18.2 Å². The molecule has 1 aliphatic carbocycles. The predicted molar refractivity (Wildman–Crippen MR) is 144 cm³/mol. The molecule has 190 valence electrons. The number of nitriles is 1. The third kappa shape index (κ3) is 6.99. The van der Waals surface area contributed by atoms with Gasteiger partial charge < -0.3 is 15.7 Å². The van der Waals surface area contributed by atoms with Gasteiger partial charge in [0.15, 0.2) is 0 Å². The fraction of sp³-hybridized carbons (Fsp3) is 0.407. The molecule has 0 saturated heterocycles. The largest absolute Gasteiger partial charge is 0.478 e. The van der Waals surface area contributed by atoms with Crippen molar-refractivity contribution in [3.8, 4) is 6.07 Å². The number of carboxylic acids is 1. The summed E-state index contributed by atoms with van der Waals surface area (Å²) in [5.41, 5.74) is 2.37. The van der Waals surface area contributed by atoms with Crippen molar-refractivity contribution in [2.75, 3.05) is 10.6 Å². The highest BCUT2D eigenvalue weighted by Gasteiger charge is 2.32. The average molecular weight is 526 g/mol. The van der Waals surface area contributed by atoms with Gasteiger partial charge in [0.05, 0.1) is 10.8 Å². The monoisotopic (exact) mass is 525 g/mol. The van der Waals surface area contributed by atoms with E-state index in [9.17, 15) is 19.6 Å². The van der Waals surface area contributed by atoms with Crippen LogP contribution in [0.2, 0.25) is 0 Å². The zero-order chi connectivity index (χ0) is 26.5. The number of aliphatic carboxylic acids is 1. The van der Waals surface area contributed by atoms with Crippen molar-refractivity contribution in [2.45, 2.75) is 63.5 Å². The first kappa shape index (κ1) is 27.5. The number of thiophene rings is 1. The molecule has 2 unspecified atom stereocenters. The van der Waals surface area contributed by atoms with E-state index in [1.165, 1.54) is 28.0 Å². The van der Waals surface area contributed by atoms with Crippen LogP contribution >= 0.6 is 23.1 Å². The number of nitrogens with zero attached hydrogens (tertiary/aromatic N) is 1. The third-order valence-corrected chi connectivity index (χ3v) is 8.79. The van der Waals surface area contributed by atoms with Crippen molar-refractivity contribution < 1.29 is 19.5 Å². The summed E-state index contributed by atoms with van der Waals surface area (Å²) in [5, 5.41) is 24.4. The van der Waals surface area contributed by atoms with Crippen molar-refractivity contribution in [3.05, 3.63) is 52.4 Å². The first-order valence-corrected chi connectivity index (χ1v) is 13.6. The summed E-state index contributed by atoms with van der Waals surface area (Å²) in [4.78, 5) is 37.7. The van der Waals surface area contributed by atoms with Crippen molar-refractivity contribution >= 4 is 51.6 Å². The second-order valence-electron chi connectivity index (χ2n) is 9.82. The van der Waals surface area contributed by atoms with Crippen LogP contribution in [-0.4, -0.2) is 28.1 Å². The topological polar surface area (TPSA) is 119 Å². The van der Waals surface area contributed by atoms with E-state index in [0.717, 1.165) is 41.9 Å². The lowest BCUT2D eigenvalue weighted by atomic mass is 9.72. The zero-order valence-corrected chi connectivity index (χ0v) is 22.5. The van der Waals surface area contributed by atoms with E-state index in [1.807, 2.05) is 13.0 Å². The number of benzene rings is 1. The summed E-state index contributed by atoms with van der Waals surface area (Å²) in [7, 11) is 0. The van der Waals surface area contributed by atoms with Gasteiger partial charge in [-0.3, -0.25) is 9.59 Å². The van der Waals surface area contributed by atoms with Crippen molar-refractivity contribution in [1.82, 2.24) is 0 Å². The van der Waals surface area contributed by atoms with E-state index in [-0.39, 0.29) is 11.3 Å². The Kier molecular flexibility index (Phi) is 8.98. The maximum Gasteiger partial charge on any atom is 0.328 e. The van der Waals surface area contributed by atoms with Crippen LogP contribution in [-0.2, 0) is 27.2 Å². The molecule has 2 atom stereocenters. The number of carboxylic acid groups (broad SMARTS) is 1. The SMILES string of the molecule is CCC(Sc1cccc(NC(=O)/C=C/C(=O)O)c1)C(=O)Nc1sc2c(c1C#N)CCC(C(C)(C)C)C2. The normalized spacial score (nSPS) is 16.1. The van der Waals surface area contributed by atoms with E-state index in [4.69, 9.17) is 5.11 Å². The summed E-state index contributed by atoms with van der Waals surface area (Å²) >= 11 is 2.90. The molecule has 0 fully saturated rings. The number of anilines is 2. The molecule has 2 aromatic rings. The highest BCUT2D eigenvalue weighted by molar-refractivity contribution is 8.00. The number of rotatable bonds is 8. The number of carbonyl (C=O) groups is 3. The minimum atomic E-state index is -1.20. The van der Waals surface area contributed by atoms with Crippen LogP contribution in [0.25, 0.3) is 0 Å². The first-order valence-electron chi connectivity index (χ1n) is 11.9. The Morgan fingerprint density at radius 3 is 2.67 bits per heavy atom. The maximum absolute atomic E-state index is 13.2. The van der Waals surface area contributed by atoms with Crippen LogP contribution in [0.15, 0.2) is 41.3 Å². The molecule has 1 aliphatic rings. The van der Waals surface area contributed by atoms with Gasteiger partial charge in [-0.05, 0) is 60.8 Å². The van der Waals surface area contributed by atoms with Crippen LogP contribution in [0, 0.1) is 22.7 Å². The highest BCUT2D eigenvalue weighted by Crippen LogP contribution is 2.44. The van der Waals surface area contributed by atoms with Gasteiger partial charge in [-0.15, -0.1) is 23.1 Å². The minimum absolute atomic E-state index is 0.163. The van der Waals surface area contributed by atoms with Crippen molar-refractivity contribution in [3.63, 3.8) is 0 Å². The Morgan fingerprint density at radius 2 is 2.03 bits per heavy atom. The van der Waals surface area contributed by atoms with Gasteiger partial charge >= 0.3 is 5.97 Å². The highest BCUT2D eigenvalue weighted by atomic mass is 32.2. The number of carbonyl (C=O) groups excluding carboxylic acids is 2. The number of amides is 2. The van der Waals surface area contributed by atoms with Crippen LogP contribution < -0.4 is 10.6 Å². The van der Waals surface area contributed by atoms with Crippen LogP contribution in [0.4, 0.5) is 10.7 Å². The molecule has 3 N–H and O–H groups in total. The Bertz CT molecular complexity index is 1220. The molecule has 2 amide bonds. The molecular weight excluding hydrogens is 494 g/mol. The molecule has 0 saturated carbocycles. The molecule has 1 aromatic heterocycles. The number of hydrogen-bond acceptors (Lipinski definition) is 6. The van der Waals surface area contributed by atoms with E-state index in [2.05, 4.69) is 37.5 Å². The molecule has 0 bridgehead atoms. The van der Waals surface area contributed by atoms with Crippen molar-refractivity contribution in [1.29, 1.82) is 5.26 Å². The van der Waals surface area contributed by atoms with E-state index < -0.39 is 17.1 Å². The van der Waals surface area contributed by atoms with E-state index in [0.29, 0.717) is 28.6 Å². The van der Waals surface area contributed by atoms with Gasteiger partial charge in [0.25, 0.3) is 0 Å². The van der Waals surface area contributed by atoms with Crippen LogP contribution in [0.5, 0.6) is 0 Å². The van der Waals surface area contributed by atoms with Gasteiger partial charge in [-0.1, -0.05) is 33.8 Å². The summed E-state index contributed by atoms with van der Waals surface area (Å²) in [6, 6.07) is 9.36. The summed E-state index contributed by atoms with van der Waals surface area (Å²) < 4.78 is 0. The Balaban J connectivity index is 1.71. The number of thioether (sulfide) groups is 1. The molecule has 0 radical (unpaired) electrons. The second kappa shape index (κ2) is 11.8. The molecule has 7 nitrogen and oxygen atoms in total. The molecule has 1 heterocycles. The molecular formula is C27H31N3O4S2.